The zero-order valence-electron chi connectivity index (χ0n) is 17.8. The predicted molar refractivity (Wildman–Crippen MR) is 109 cm³/mol. The Balaban J connectivity index is 2.04. The highest BCUT2D eigenvalue weighted by Crippen LogP contribution is 2.29. The molecule has 0 atom stereocenters. The number of hydrogen-bond donors (Lipinski definition) is 0. The average molecular weight is 431 g/mol. The second-order valence-electron chi connectivity index (χ2n) is 7.40. The molecule has 7 heteroatoms. The molecule has 4 nitrogen and oxygen atoms in total. The van der Waals surface area contributed by atoms with Crippen LogP contribution in [0, 0.1) is 0 Å². The van der Waals surface area contributed by atoms with Gasteiger partial charge in [0.1, 0.15) is 6.61 Å². The van der Waals surface area contributed by atoms with Crippen LogP contribution in [0.15, 0.2) is 24.3 Å². The van der Waals surface area contributed by atoms with Crippen LogP contribution in [0.4, 0.5) is 13.2 Å². The zero-order valence-corrected chi connectivity index (χ0v) is 17.8. The van der Waals surface area contributed by atoms with E-state index in [1.54, 1.807) is 0 Å². The summed E-state index contributed by atoms with van der Waals surface area (Å²) < 4.78 is 47.6. The third-order valence-corrected chi connectivity index (χ3v) is 4.73. The Morgan fingerprint density at radius 2 is 1.27 bits per heavy atom. The Hall–Kier alpha value is -2.05. The number of alkyl halides is 3. The molecule has 0 aromatic heterocycles. The minimum absolute atomic E-state index is 0.0662. The fraction of sp³-hybridized carbons (Fsp3) is 0.652. The Labute approximate surface area is 177 Å². The van der Waals surface area contributed by atoms with Crippen LogP contribution in [-0.4, -0.2) is 18.5 Å². The summed E-state index contributed by atoms with van der Waals surface area (Å²) in [5.74, 6) is -1.03. The molecular formula is C23H33F3O4. The number of esters is 2. The molecule has 0 radical (unpaired) electrons. The van der Waals surface area contributed by atoms with Crippen molar-refractivity contribution < 1.29 is 32.2 Å². The number of carbonyl (C=O) groups is 2. The summed E-state index contributed by atoms with van der Waals surface area (Å²) in [5, 5.41) is 0. The molecule has 0 amide bonds. The van der Waals surface area contributed by atoms with Gasteiger partial charge in [0.15, 0.2) is 0 Å². The van der Waals surface area contributed by atoms with Gasteiger partial charge in [-0.05, 0) is 24.1 Å². The summed E-state index contributed by atoms with van der Waals surface area (Å²) in [6, 6.07) is 4.39. The van der Waals surface area contributed by atoms with E-state index < -0.39 is 23.7 Å². The van der Waals surface area contributed by atoms with E-state index in [2.05, 4.69) is 6.92 Å². The first-order chi connectivity index (χ1) is 14.3. The van der Waals surface area contributed by atoms with Gasteiger partial charge >= 0.3 is 18.1 Å². The highest BCUT2D eigenvalue weighted by Gasteiger charge is 2.29. The molecule has 0 saturated heterocycles. The summed E-state index contributed by atoms with van der Waals surface area (Å²) in [6.07, 6.45) is 6.02. The maximum Gasteiger partial charge on any atom is 0.416 e. The van der Waals surface area contributed by atoms with E-state index in [1.807, 2.05) is 0 Å². The Morgan fingerprint density at radius 3 is 1.80 bits per heavy atom. The SMILES string of the molecule is CCCCCCCCCCCOC(=O)CCC(=O)OCc1ccc(C(F)(F)F)cc1. The molecule has 30 heavy (non-hydrogen) atoms. The molecular weight excluding hydrogens is 397 g/mol. The zero-order chi connectivity index (χ0) is 22.2. The van der Waals surface area contributed by atoms with Crippen molar-refractivity contribution in [1.82, 2.24) is 0 Å². The van der Waals surface area contributed by atoms with Crippen LogP contribution in [-0.2, 0) is 31.8 Å². The summed E-state index contributed by atoms with van der Waals surface area (Å²) in [5.41, 5.74) is -0.309. The molecule has 0 aliphatic rings. The third kappa shape index (κ3) is 12.5. The third-order valence-electron chi connectivity index (χ3n) is 4.73. The number of rotatable bonds is 15. The second kappa shape index (κ2) is 14.9. The summed E-state index contributed by atoms with van der Waals surface area (Å²) >= 11 is 0. The molecule has 1 aromatic rings. The standard InChI is InChI=1S/C23H33F3O4/c1-2-3-4-5-6-7-8-9-10-17-29-21(27)15-16-22(28)30-18-19-11-13-20(14-12-19)23(24,25)26/h11-14H,2-10,15-18H2,1H3. The van der Waals surface area contributed by atoms with Crippen molar-refractivity contribution in [2.75, 3.05) is 6.61 Å². The monoisotopic (exact) mass is 430 g/mol. The molecule has 0 unspecified atom stereocenters. The van der Waals surface area contributed by atoms with Crippen LogP contribution in [0.2, 0.25) is 0 Å². The van der Waals surface area contributed by atoms with Crippen molar-refractivity contribution in [3.8, 4) is 0 Å². The number of carbonyl (C=O) groups excluding carboxylic acids is 2. The van der Waals surface area contributed by atoms with Crippen LogP contribution >= 0.6 is 0 Å². The Kier molecular flexibility index (Phi) is 12.9. The molecule has 0 aliphatic heterocycles. The molecule has 1 rings (SSSR count). The minimum atomic E-state index is -4.40. The maximum atomic E-state index is 12.5. The van der Waals surface area contributed by atoms with E-state index in [0.29, 0.717) is 12.2 Å². The minimum Gasteiger partial charge on any atom is -0.466 e. The normalized spacial score (nSPS) is 11.3. The van der Waals surface area contributed by atoms with Gasteiger partial charge < -0.3 is 9.47 Å². The first kappa shape index (κ1) is 26.0. The van der Waals surface area contributed by atoms with Crippen LogP contribution in [0.5, 0.6) is 0 Å². The average Bonchev–Trinajstić information content (AvgIpc) is 2.71. The lowest BCUT2D eigenvalue weighted by molar-refractivity contribution is -0.151. The van der Waals surface area contributed by atoms with Crippen molar-refractivity contribution in [2.24, 2.45) is 0 Å². The van der Waals surface area contributed by atoms with Crippen LogP contribution in [0.1, 0.15) is 88.7 Å². The van der Waals surface area contributed by atoms with E-state index in [1.165, 1.54) is 50.7 Å². The number of hydrogen-bond acceptors (Lipinski definition) is 4. The van der Waals surface area contributed by atoms with Gasteiger partial charge in [0.25, 0.3) is 0 Å². The first-order valence-electron chi connectivity index (χ1n) is 10.8. The quantitative estimate of drug-likeness (QED) is 0.232. The highest BCUT2D eigenvalue weighted by molar-refractivity contribution is 5.77. The van der Waals surface area contributed by atoms with E-state index in [0.717, 1.165) is 31.4 Å². The molecule has 170 valence electrons. The van der Waals surface area contributed by atoms with Crippen LogP contribution in [0.3, 0.4) is 0 Å². The lowest BCUT2D eigenvalue weighted by Crippen LogP contribution is -2.11. The van der Waals surface area contributed by atoms with Crippen molar-refractivity contribution in [3.05, 3.63) is 35.4 Å². The van der Waals surface area contributed by atoms with Crippen molar-refractivity contribution in [1.29, 1.82) is 0 Å². The van der Waals surface area contributed by atoms with Gasteiger partial charge in [-0.2, -0.15) is 13.2 Å². The van der Waals surface area contributed by atoms with Gasteiger partial charge in [-0.25, -0.2) is 0 Å². The van der Waals surface area contributed by atoms with Crippen molar-refractivity contribution >= 4 is 11.9 Å². The van der Waals surface area contributed by atoms with Gasteiger partial charge in [0, 0.05) is 0 Å². The van der Waals surface area contributed by atoms with Crippen molar-refractivity contribution in [2.45, 2.75) is 90.3 Å². The van der Waals surface area contributed by atoms with Gasteiger partial charge in [0.2, 0.25) is 0 Å². The molecule has 1 aromatic carbocycles. The van der Waals surface area contributed by atoms with Gasteiger partial charge in [0.05, 0.1) is 25.0 Å². The second-order valence-corrected chi connectivity index (χ2v) is 7.40. The smallest absolute Gasteiger partial charge is 0.416 e. The predicted octanol–water partition coefficient (Wildman–Crippen LogP) is 6.60. The molecule has 0 N–H and O–H groups in total. The van der Waals surface area contributed by atoms with Crippen LogP contribution in [0.25, 0.3) is 0 Å². The van der Waals surface area contributed by atoms with E-state index in [-0.39, 0.29) is 19.4 Å². The highest BCUT2D eigenvalue weighted by atomic mass is 19.4. The molecule has 0 spiro atoms. The topological polar surface area (TPSA) is 52.6 Å². The number of unbranched alkanes of at least 4 members (excludes halogenated alkanes) is 8. The van der Waals surface area contributed by atoms with Gasteiger partial charge in [-0.15, -0.1) is 0 Å². The Morgan fingerprint density at radius 1 is 0.767 bits per heavy atom. The molecule has 0 aliphatic carbocycles. The summed E-state index contributed by atoms with van der Waals surface area (Å²) in [4.78, 5) is 23.3. The fourth-order valence-corrected chi connectivity index (χ4v) is 2.90. The lowest BCUT2D eigenvalue weighted by Gasteiger charge is -2.08. The van der Waals surface area contributed by atoms with E-state index in [9.17, 15) is 22.8 Å². The van der Waals surface area contributed by atoms with E-state index >= 15 is 0 Å². The van der Waals surface area contributed by atoms with Crippen LogP contribution < -0.4 is 0 Å². The number of benzene rings is 1. The van der Waals surface area contributed by atoms with Crippen molar-refractivity contribution in [3.63, 3.8) is 0 Å². The maximum absolute atomic E-state index is 12.5. The molecule has 0 saturated carbocycles. The molecule has 0 heterocycles. The number of halogens is 3. The summed E-state index contributed by atoms with van der Waals surface area (Å²) in [6.45, 7) is 2.42. The van der Waals surface area contributed by atoms with Gasteiger partial charge in [-0.1, -0.05) is 70.4 Å². The first-order valence-corrected chi connectivity index (χ1v) is 10.8. The van der Waals surface area contributed by atoms with E-state index in [4.69, 9.17) is 9.47 Å². The van der Waals surface area contributed by atoms with Gasteiger partial charge in [-0.3, -0.25) is 9.59 Å². The fourth-order valence-electron chi connectivity index (χ4n) is 2.90. The summed E-state index contributed by atoms with van der Waals surface area (Å²) in [7, 11) is 0. The molecule has 0 bridgehead atoms. The largest absolute Gasteiger partial charge is 0.466 e. The Bertz CT molecular complexity index is 612. The molecule has 0 fully saturated rings. The number of ether oxygens (including phenoxy) is 2. The lowest BCUT2D eigenvalue weighted by atomic mass is 10.1.